The molecule has 1 aliphatic rings. The van der Waals surface area contributed by atoms with Gasteiger partial charge in [0.1, 0.15) is 0 Å². The topological polar surface area (TPSA) is 68.5 Å². The Morgan fingerprint density at radius 2 is 2.04 bits per heavy atom. The Labute approximate surface area is 162 Å². The quantitative estimate of drug-likeness (QED) is 0.751. The minimum atomic E-state index is 0.0419. The van der Waals surface area contributed by atoms with E-state index in [0.29, 0.717) is 31.8 Å². The van der Waals surface area contributed by atoms with Gasteiger partial charge in [0.25, 0.3) is 5.91 Å². The third kappa shape index (κ3) is 3.88. The Balaban J connectivity index is 1.51. The Morgan fingerprint density at radius 1 is 1.26 bits per heavy atom. The molecule has 140 valence electrons. The van der Waals surface area contributed by atoms with Crippen LogP contribution in [0.2, 0.25) is 0 Å². The number of morpholine rings is 1. The minimum Gasteiger partial charge on any atom is -0.374 e. The summed E-state index contributed by atoms with van der Waals surface area (Å²) in [5.41, 5.74) is 9.54. The normalized spacial score (nSPS) is 17.4. The Bertz CT molecular complexity index is 950. The summed E-state index contributed by atoms with van der Waals surface area (Å²) in [5, 5.41) is 1.07. The number of aryl methyl sites for hydroxylation is 1. The Hall–Kier alpha value is -2.28. The van der Waals surface area contributed by atoms with Crippen molar-refractivity contribution in [2.75, 3.05) is 26.2 Å². The van der Waals surface area contributed by atoms with E-state index in [4.69, 9.17) is 10.5 Å². The van der Waals surface area contributed by atoms with Gasteiger partial charge in [-0.2, -0.15) is 0 Å². The van der Waals surface area contributed by atoms with Crippen LogP contribution in [0.15, 0.2) is 42.5 Å². The van der Waals surface area contributed by atoms with E-state index in [1.54, 1.807) is 11.3 Å². The highest BCUT2D eigenvalue weighted by molar-refractivity contribution is 7.18. The molecule has 1 aliphatic heterocycles. The van der Waals surface area contributed by atoms with Crippen molar-refractivity contribution < 1.29 is 9.53 Å². The molecule has 0 bridgehead atoms. The van der Waals surface area contributed by atoms with Gasteiger partial charge in [-0.1, -0.05) is 18.2 Å². The third-order valence-electron chi connectivity index (χ3n) is 4.87. The van der Waals surface area contributed by atoms with Gasteiger partial charge in [-0.15, -0.1) is 11.3 Å². The van der Waals surface area contributed by atoms with E-state index in [9.17, 15) is 4.79 Å². The molecule has 0 saturated carbocycles. The summed E-state index contributed by atoms with van der Waals surface area (Å²) in [6.07, 6.45) is 0.821. The van der Waals surface area contributed by atoms with Gasteiger partial charge in [0.05, 0.1) is 27.9 Å². The number of benzene rings is 2. The largest absolute Gasteiger partial charge is 0.374 e. The molecule has 1 atom stereocenters. The molecular formula is C21H23N3O2S. The second kappa shape index (κ2) is 7.76. The van der Waals surface area contributed by atoms with Gasteiger partial charge in [-0.05, 0) is 55.3 Å². The van der Waals surface area contributed by atoms with Crippen LogP contribution in [0.25, 0.3) is 21.3 Å². The average molecular weight is 382 g/mol. The fourth-order valence-electron chi connectivity index (χ4n) is 3.47. The number of aromatic nitrogens is 1. The van der Waals surface area contributed by atoms with E-state index in [-0.39, 0.29) is 12.0 Å². The van der Waals surface area contributed by atoms with Gasteiger partial charge in [0.15, 0.2) is 0 Å². The molecule has 27 heavy (non-hydrogen) atoms. The van der Waals surface area contributed by atoms with E-state index in [0.717, 1.165) is 28.1 Å². The predicted molar refractivity (Wildman–Crippen MR) is 109 cm³/mol. The fraction of sp³-hybridized carbons (Fsp3) is 0.333. The molecule has 1 aromatic heterocycles. The number of carbonyl (C=O) groups is 1. The molecular weight excluding hydrogens is 358 g/mol. The number of nitrogens with zero attached hydrogens (tertiary/aromatic N) is 2. The number of fused-ring (bicyclic) bond motifs is 1. The lowest BCUT2D eigenvalue weighted by molar-refractivity contribution is -0.0236. The van der Waals surface area contributed by atoms with Gasteiger partial charge < -0.3 is 15.4 Å². The van der Waals surface area contributed by atoms with Crippen LogP contribution in [0.5, 0.6) is 0 Å². The molecule has 6 heteroatoms. The van der Waals surface area contributed by atoms with E-state index in [1.807, 2.05) is 36.1 Å². The molecule has 0 aliphatic carbocycles. The van der Waals surface area contributed by atoms with Crippen LogP contribution in [-0.2, 0) is 4.74 Å². The van der Waals surface area contributed by atoms with Crippen molar-refractivity contribution in [2.45, 2.75) is 19.4 Å². The molecule has 0 unspecified atom stereocenters. The molecule has 4 rings (SSSR count). The molecule has 1 fully saturated rings. The maximum atomic E-state index is 12.8. The number of thiazole rings is 1. The van der Waals surface area contributed by atoms with Crippen molar-refractivity contribution in [3.05, 3.63) is 53.0 Å². The van der Waals surface area contributed by atoms with Crippen LogP contribution in [0.1, 0.15) is 21.8 Å². The van der Waals surface area contributed by atoms with Crippen molar-refractivity contribution in [3.8, 4) is 11.1 Å². The first kappa shape index (κ1) is 18.1. The number of hydrogen-bond acceptors (Lipinski definition) is 5. The monoisotopic (exact) mass is 381 g/mol. The van der Waals surface area contributed by atoms with E-state index in [1.165, 1.54) is 4.70 Å². The highest BCUT2D eigenvalue weighted by atomic mass is 32.1. The van der Waals surface area contributed by atoms with E-state index >= 15 is 0 Å². The molecule has 2 heterocycles. The lowest BCUT2D eigenvalue weighted by Gasteiger charge is -2.33. The standard InChI is InChI=1S/C21H23N3O2S/c1-14-23-19-12-17(6-7-20(19)27-14)15-2-4-16(5-3-15)21(25)24-10-11-26-18(13-24)8-9-22/h2-7,12,18H,8-11,13,22H2,1H3/t18-/m0/s1. The highest BCUT2D eigenvalue weighted by Crippen LogP contribution is 2.28. The molecule has 0 spiro atoms. The van der Waals surface area contributed by atoms with Crippen LogP contribution in [-0.4, -0.2) is 48.1 Å². The van der Waals surface area contributed by atoms with Gasteiger partial charge in [-0.25, -0.2) is 4.98 Å². The smallest absolute Gasteiger partial charge is 0.254 e. The Morgan fingerprint density at radius 3 is 2.81 bits per heavy atom. The van der Waals surface area contributed by atoms with Gasteiger partial charge >= 0.3 is 0 Å². The van der Waals surface area contributed by atoms with E-state index in [2.05, 4.69) is 23.2 Å². The number of amides is 1. The second-order valence-corrected chi connectivity index (χ2v) is 8.05. The molecule has 3 aromatic rings. The number of nitrogens with two attached hydrogens (primary N) is 1. The van der Waals surface area contributed by atoms with Gasteiger partial charge in [0.2, 0.25) is 0 Å². The van der Waals surface area contributed by atoms with Crippen molar-refractivity contribution in [1.29, 1.82) is 0 Å². The summed E-state index contributed by atoms with van der Waals surface area (Å²) in [6.45, 7) is 4.40. The van der Waals surface area contributed by atoms with E-state index < -0.39 is 0 Å². The van der Waals surface area contributed by atoms with Crippen LogP contribution in [0.4, 0.5) is 0 Å². The van der Waals surface area contributed by atoms with Crippen molar-refractivity contribution in [3.63, 3.8) is 0 Å². The number of hydrogen-bond donors (Lipinski definition) is 1. The summed E-state index contributed by atoms with van der Waals surface area (Å²) >= 11 is 1.70. The molecule has 2 N–H and O–H groups in total. The SMILES string of the molecule is Cc1nc2cc(-c3ccc(C(=O)N4CCO[C@@H](CCN)C4)cc3)ccc2s1. The molecule has 2 aromatic carbocycles. The Kier molecular flexibility index (Phi) is 5.20. The third-order valence-corrected chi connectivity index (χ3v) is 5.83. The summed E-state index contributed by atoms with van der Waals surface area (Å²) in [7, 11) is 0. The zero-order valence-electron chi connectivity index (χ0n) is 15.4. The summed E-state index contributed by atoms with van der Waals surface area (Å²) in [5.74, 6) is 0.0532. The lowest BCUT2D eigenvalue weighted by Crippen LogP contribution is -2.46. The lowest BCUT2D eigenvalue weighted by atomic mass is 10.0. The zero-order valence-corrected chi connectivity index (χ0v) is 16.2. The zero-order chi connectivity index (χ0) is 18.8. The van der Waals surface area contributed by atoms with Crippen LogP contribution in [0.3, 0.4) is 0 Å². The van der Waals surface area contributed by atoms with Gasteiger partial charge in [-0.3, -0.25) is 4.79 Å². The van der Waals surface area contributed by atoms with Crippen molar-refractivity contribution in [1.82, 2.24) is 9.88 Å². The maximum Gasteiger partial charge on any atom is 0.254 e. The van der Waals surface area contributed by atoms with Crippen molar-refractivity contribution in [2.24, 2.45) is 5.73 Å². The first-order chi connectivity index (χ1) is 13.1. The molecule has 1 amide bonds. The first-order valence-electron chi connectivity index (χ1n) is 9.22. The molecule has 1 saturated heterocycles. The fourth-order valence-corrected chi connectivity index (χ4v) is 4.28. The summed E-state index contributed by atoms with van der Waals surface area (Å²) in [6, 6.07) is 14.1. The summed E-state index contributed by atoms with van der Waals surface area (Å²) < 4.78 is 6.87. The van der Waals surface area contributed by atoms with Crippen LogP contribution >= 0.6 is 11.3 Å². The highest BCUT2D eigenvalue weighted by Gasteiger charge is 2.24. The maximum absolute atomic E-state index is 12.8. The molecule has 5 nitrogen and oxygen atoms in total. The van der Waals surface area contributed by atoms with Crippen LogP contribution < -0.4 is 5.73 Å². The number of carbonyl (C=O) groups excluding carboxylic acids is 1. The average Bonchev–Trinajstić information content (AvgIpc) is 3.07. The van der Waals surface area contributed by atoms with Crippen molar-refractivity contribution >= 4 is 27.5 Å². The van der Waals surface area contributed by atoms with Gasteiger partial charge in [0, 0.05) is 18.7 Å². The number of ether oxygens (including phenoxy) is 1. The van der Waals surface area contributed by atoms with Crippen LogP contribution in [0, 0.1) is 6.92 Å². The summed E-state index contributed by atoms with van der Waals surface area (Å²) in [4.78, 5) is 19.2. The predicted octanol–water partition coefficient (Wildman–Crippen LogP) is 3.46. The second-order valence-electron chi connectivity index (χ2n) is 6.81. The number of rotatable bonds is 4. The minimum absolute atomic E-state index is 0.0419. The molecule has 0 radical (unpaired) electrons. The first-order valence-corrected chi connectivity index (χ1v) is 10.0.